The third-order valence-corrected chi connectivity index (χ3v) is 5.52. The van der Waals surface area contributed by atoms with E-state index in [9.17, 15) is 13.2 Å². The number of nitrogens with one attached hydrogen (secondary N) is 2. The standard InChI is InChI=1S/C19H23N3O3S/c20-26(24,25)16-10-8-14(9-11-16)12-13-21-19(23)22-18-7-3-5-15-4-1-2-6-17(15)18/h3,5,7-11H,1-2,4,6,12-13H2,(H2,20,24,25)(H2,21,22,23). The van der Waals surface area contributed by atoms with Crippen LogP contribution in [0.15, 0.2) is 47.4 Å². The van der Waals surface area contributed by atoms with Gasteiger partial charge in [0, 0.05) is 12.2 Å². The van der Waals surface area contributed by atoms with Gasteiger partial charge >= 0.3 is 6.03 Å². The third-order valence-electron chi connectivity index (χ3n) is 4.60. The topological polar surface area (TPSA) is 101 Å². The lowest BCUT2D eigenvalue weighted by atomic mass is 9.90. The van der Waals surface area contributed by atoms with Crippen molar-refractivity contribution in [1.82, 2.24) is 5.32 Å². The minimum atomic E-state index is -3.68. The molecule has 2 aromatic carbocycles. The second-order valence-corrected chi connectivity index (χ2v) is 8.03. The molecule has 138 valence electrons. The first kappa shape index (κ1) is 18.4. The molecule has 0 saturated heterocycles. The van der Waals surface area contributed by atoms with E-state index < -0.39 is 10.0 Å². The molecule has 1 aliphatic rings. The molecule has 0 spiro atoms. The first-order valence-electron chi connectivity index (χ1n) is 8.71. The highest BCUT2D eigenvalue weighted by molar-refractivity contribution is 7.89. The van der Waals surface area contributed by atoms with E-state index in [1.54, 1.807) is 12.1 Å². The summed E-state index contributed by atoms with van der Waals surface area (Å²) in [6.07, 6.45) is 5.03. The van der Waals surface area contributed by atoms with Gasteiger partial charge in [0.05, 0.1) is 4.90 Å². The number of primary sulfonamides is 1. The Hall–Kier alpha value is -2.38. The molecule has 0 radical (unpaired) electrons. The summed E-state index contributed by atoms with van der Waals surface area (Å²) in [5, 5.41) is 10.9. The number of sulfonamides is 1. The van der Waals surface area contributed by atoms with Gasteiger partial charge in [-0.2, -0.15) is 0 Å². The number of hydrogen-bond acceptors (Lipinski definition) is 3. The number of carbonyl (C=O) groups excluding carboxylic acids is 1. The molecule has 6 nitrogen and oxygen atoms in total. The number of anilines is 1. The van der Waals surface area contributed by atoms with Gasteiger partial charge in [0.1, 0.15) is 0 Å². The predicted molar refractivity (Wildman–Crippen MR) is 102 cm³/mol. The van der Waals surface area contributed by atoms with Gasteiger partial charge in [-0.15, -0.1) is 0 Å². The van der Waals surface area contributed by atoms with Gasteiger partial charge in [0.25, 0.3) is 0 Å². The van der Waals surface area contributed by atoms with Gasteiger partial charge < -0.3 is 10.6 Å². The molecule has 26 heavy (non-hydrogen) atoms. The van der Waals surface area contributed by atoms with Crippen molar-refractivity contribution in [3.05, 3.63) is 59.2 Å². The van der Waals surface area contributed by atoms with Crippen LogP contribution in [-0.2, 0) is 29.3 Å². The summed E-state index contributed by atoms with van der Waals surface area (Å²) in [5.74, 6) is 0. The molecule has 4 N–H and O–H groups in total. The van der Waals surface area contributed by atoms with Crippen molar-refractivity contribution in [1.29, 1.82) is 0 Å². The highest BCUT2D eigenvalue weighted by Gasteiger charge is 2.14. The molecule has 2 amide bonds. The molecule has 3 rings (SSSR count). The van der Waals surface area contributed by atoms with Gasteiger partial charge in [-0.1, -0.05) is 24.3 Å². The molecule has 0 atom stereocenters. The van der Waals surface area contributed by atoms with Crippen molar-refractivity contribution in [2.24, 2.45) is 5.14 Å². The molecule has 1 aliphatic carbocycles. The monoisotopic (exact) mass is 373 g/mol. The summed E-state index contributed by atoms with van der Waals surface area (Å²) >= 11 is 0. The average molecular weight is 373 g/mol. The van der Waals surface area contributed by atoms with E-state index in [-0.39, 0.29) is 10.9 Å². The third kappa shape index (κ3) is 4.62. The van der Waals surface area contributed by atoms with Gasteiger partial charge in [-0.3, -0.25) is 0 Å². The maximum atomic E-state index is 12.2. The zero-order chi connectivity index (χ0) is 18.6. The second kappa shape index (κ2) is 7.88. The number of nitrogens with two attached hydrogens (primary N) is 1. The number of aryl methyl sites for hydroxylation is 1. The maximum absolute atomic E-state index is 12.2. The van der Waals surface area contributed by atoms with Crippen LogP contribution in [-0.4, -0.2) is 21.0 Å². The molecule has 0 bridgehead atoms. The van der Waals surface area contributed by atoms with Crippen LogP contribution < -0.4 is 15.8 Å². The number of rotatable bonds is 5. The van der Waals surface area contributed by atoms with E-state index in [0.29, 0.717) is 13.0 Å². The SMILES string of the molecule is NS(=O)(=O)c1ccc(CCNC(=O)Nc2cccc3c2CCCC3)cc1. The van der Waals surface area contributed by atoms with E-state index in [4.69, 9.17) is 5.14 Å². The summed E-state index contributed by atoms with van der Waals surface area (Å²) in [4.78, 5) is 12.2. The van der Waals surface area contributed by atoms with Crippen molar-refractivity contribution in [3.8, 4) is 0 Å². The summed E-state index contributed by atoms with van der Waals surface area (Å²) in [6.45, 7) is 0.454. The average Bonchev–Trinajstić information content (AvgIpc) is 2.62. The quantitative estimate of drug-likeness (QED) is 0.751. The molecule has 0 saturated carbocycles. The highest BCUT2D eigenvalue weighted by atomic mass is 32.2. The zero-order valence-corrected chi connectivity index (χ0v) is 15.3. The molecule has 0 unspecified atom stereocenters. The van der Waals surface area contributed by atoms with Crippen molar-refractivity contribution in [2.45, 2.75) is 37.0 Å². The van der Waals surface area contributed by atoms with E-state index >= 15 is 0 Å². The molecular weight excluding hydrogens is 350 g/mol. The zero-order valence-electron chi connectivity index (χ0n) is 14.5. The van der Waals surface area contributed by atoms with E-state index in [1.807, 2.05) is 12.1 Å². The molecule has 0 aromatic heterocycles. The normalized spacial score (nSPS) is 13.7. The van der Waals surface area contributed by atoms with Crippen LogP contribution in [0.4, 0.5) is 10.5 Å². The lowest BCUT2D eigenvalue weighted by Crippen LogP contribution is -2.31. The number of amides is 2. The molecule has 0 aliphatic heterocycles. The van der Waals surface area contributed by atoms with Crippen LogP contribution >= 0.6 is 0 Å². The Bertz CT molecular complexity index is 893. The molecule has 0 heterocycles. The van der Waals surface area contributed by atoms with Crippen LogP contribution in [0, 0.1) is 0 Å². The summed E-state index contributed by atoms with van der Waals surface area (Å²) in [5.41, 5.74) is 4.38. The van der Waals surface area contributed by atoms with Gasteiger partial charge in [-0.05, 0) is 67.0 Å². The largest absolute Gasteiger partial charge is 0.338 e. The van der Waals surface area contributed by atoms with Crippen molar-refractivity contribution in [3.63, 3.8) is 0 Å². The Morgan fingerprint density at radius 3 is 2.50 bits per heavy atom. The fourth-order valence-corrected chi connectivity index (χ4v) is 3.75. The Labute approximate surface area is 153 Å². The number of hydrogen-bond donors (Lipinski definition) is 3. The molecule has 0 fully saturated rings. The van der Waals surface area contributed by atoms with E-state index in [1.165, 1.54) is 29.7 Å². The first-order chi connectivity index (χ1) is 12.4. The van der Waals surface area contributed by atoms with Gasteiger partial charge in [0.15, 0.2) is 0 Å². The van der Waals surface area contributed by atoms with Crippen LogP contribution in [0.1, 0.15) is 29.5 Å². The smallest absolute Gasteiger partial charge is 0.319 e. The highest BCUT2D eigenvalue weighted by Crippen LogP contribution is 2.27. The minimum absolute atomic E-state index is 0.0841. The fourth-order valence-electron chi connectivity index (χ4n) is 3.23. The number of fused-ring (bicyclic) bond motifs is 1. The van der Waals surface area contributed by atoms with Crippen LogP contribution in [0.5, 0.6) is 0 Å². The van der Waals surface area contributed by atoms with Crippen LogP contribution in [0.2, 0.25) is 0 Å². The minimum Gasteiger partial charge on any atom is -0.338 e. The fraction of sp³-hybridized carbons (Fsp3) is 0.316. The Morgan fingerprint density at radius 1 is 1.04 bits per heavy atom. The number of urea groups is 1. The lowest BCUT2D eigenvalue weighted by Gasteiger charge is -2.19. The number of benzene rings is 2. The second-order valence-electron chi connectivity index (χ2n) is 6.47. The summed E-state index contributed by atoms with van der Waals surface area (Å²) < 4.78 is 22.5. The van der Waals surface area contributed by atoms with E-state index in [0.717, 1.165) is 30.5 Å². The summed E-state index contributed by atoms with van der Waals surface area (Å²) in [6, 6.07) is 12.2. The molecule has 2 aromatic rings. The van der Waals surface area contributed by atoms with Gasteiger partial charge in [0.2, 0.25) is 10.0 Å². The summed E-state index contributed by atoms with van der Waals surface area (Å²) in [7, 11) is -3.68. The lowest BCUT2D eigenvalue weighted by molar-refractivity contribution is 0.252. The van der Waals surface area contributed by atoms with Crippen LogP contribution in [0.25, 0.3) is 0 Å². The van der Waals surface area contributed by atoms with E-state index in [2.05, 4.69) is 16.7 Å². The molecular formula is C19H23N3O3S. The first-order valence-corrected chi connectivity index (χ1v) is 10.3. The Kier molecular flexibility index (Phi) is 5.58. The van der Waals surface area contributed by atoms with Gasteiger partial charge in [-0.25, -0.2) is 18.4 Å². The maximum Gasteiger partial charge on any atom is 0.319 e. The van der Waals surface area contributed by atoms with Crippen molar-refractivity contribution < 1.29 is 13.2 Å². The van der Waals surface area contributed by atoms with Crippen molar-refractivity contribution >= 4 is 21.7 Å². The van der Waals surface area contributed by atoms with Crippen LogP contribution in [0.3, 0.4) is 0 Å². The predicted octanol–water partition coefficient (Wildman–Crippen LogP) is 2.58. The Morgan fingerprint density at radius 2 is 1.77 bits per heavy atom. The van der Waals surface area contributed by atoms with Crippen molar-refractivity contribution in [2.75, 3.05) is 11.9 Å². The molecule has 7 heteroatoms. The Balaban J connectivity index is 1.52. The number of carbonyl (C=O) groups is 1.